The zero-order valence-electron chi connectivity index (χ0n) is 14.8. The molecule has 26 heavy (non-hydrogen) atoms. The van der Waals surface area contributed by atoms with Crippen LogP contribution in [0.25, 0.3) is 0 Å². The van der Waals surface area contributed by atoms with Crippen LogP contribution in [-0.4, -0.2) is 55.5 Å². The van der Waals surface area contributed by atoms with Gasteiger partial charge in [-0.2, -0.15) is 0 Å². The van der Waals surface area contributed by atoms with E-state index in [1.54, 1.807) is 18.2 Å². The standard InChI is InChI=1S/C17H25Cl2N5O.HI/c1-2-24-9-3-4-13(24)11-23-17(20)22-8-7-21-16(25)12-5-6-14(18)15(19)10-12;/h5-6,10,13H,2-4,7-9,11H2,1H3,(H,21,25)(H3,20,22,23);1H. The summed E-state index contributed by atoms with van der Waals surface area (Å²) in [6.45, 7) is 6.01. The minimum Gasteiger partial charge on any atom is -0.370 e. The van der Waals surface area contributed by atoms with Crippen molar-refractivity contribution in [2.24, 2.45) is 10.7 Å². The summed E-state index contributed by atoms with van der Waals surface area (Å²) in [4.78, 5) is 18.8. The predicted octanol–water partition coefficient (Wildman–Crippen LogP) is 2.73. The topological polar surface area (TPSA) is 82.8 Å². The van der Waals surface area contributed by atoms with Gasteiger partial charge in [-0.3, -0.25) is 14.7 Å². The maximum absolute atomic E-state index is 12.0. The van der Waals surface area contributed by atoms with Crippen LogP contribution in [0.4, 0.5) is 0 Å². The average Bonchev–Trinajstić information content (AvgIpc) is 3.06. The highest BCUT2D eigenvalue weighted by Crippen LogP contribution is 2.22. The van der Waals surface area contributed by atoms with Crippen LogP contribution >= 0.6 is 47.2 Å². The summed E-state index contributed by atoms with van der Waals surface area (Å²) in [5.74, 6) is 0.201. The molecule has 1 aliphatic rings. The van der Waals surface area contributed by atoms with E-state index in [0.717, 1.165) is 13.1 Å². The second kappa shape index (κ2) is 11.8. The molecule has 1 saturated heterocycles. The second-order valence-corrected chi connectivity index (χ2v) is 6.78. The molecule has 0 spiro atoms. The zero-order chi connectivity index (χ0) is 18.2. The van der Waals surface area contributed by atoms with Crippen LogP contribution in [0.5, 0.6) is 0 Å². The molecule has 1 fully saturated rings. The second-order valence-electron chi connectivity index (χ2n) is 5.96. The number of likely N-dealkylation sites (tertiary alicyclic amines) is 1. The monoisotopic (exact) mass is 513 g/mol. The quantitative estimate of drug-likeness (QED) is 0.226. The first-order valence-corrected chi connectivity index (χ1v) is 9.28. The fraction of sp³-hybridized carbons (Fsp3) is 0.529. The number of benzene rings is 1. The molecule has 6 nitrogen and oxygen atoms in total. The fourth-order valence-electron chi connectivity index (χ4n) is 2.88. The van der Waals surface area contributed by atoms with Crippen LogP contribution in [0.2, 0.25) is 10.0 Å². The molecule has 0 aromatic heterocycles. The number of hydrogen-bond donors (Lipinski definition) is 3. The van der Waals surface area contributed by atoms with Gasteiger partial charge in [-0.25, -0.2) is 0 Å². The Balaban J connectivity index is 0.00000338. The van der Waals surface area contributed by atoms with Crippen LogP contribution in [0, 0.1) is 0 Å². The van der Waals surface area contributed by atoms with Crippen molar-refractivity contribution in [3.8, 4) is 0 Å². The van der Waals surface area contributed by atoms with Crippen LogP contribution in [0.3, 0.4) is 0 Å². The summed E-state index contributed by atoms with van der Waals surface area (Å²) in [6.07, 6.45) is 2.40. The molecule has 1 heterocycles. The third kappa shape index (κ3) is 7.09. The van der Waals surface area contributed by atoms with E-state index in [4.69, 9.17) is 28.9 Å². The average molecular weight is 514 g/mol. The van der Waals surface area contributed by atoms with E-state index in [0.29, 0.717) is 47.2 Å². The largest absolute Gasteiger partial charge is 0.370 e. The van der Waals surface area contributed by atoms with Crippen molar-refractivity contribution in [3.63, 3.8) is 0 Å². The number of aliphatic imine (C=N–C) groups is 1. The van der Waals surface area contributed by atoms with Gasteiger partial charge in [0.2, 0.25) is 0 Å². The maximum Gasteiger partial charge on any atom is 0.251 e. The van der Waals surface area contributed by atoms with Crippen LogP contribution in [0.1, 0.15) is 30.1 Å². The number of likely N-dealkylation sites (N-methyl/N-ethyl adjacent to an activating group) is 1. The Kier molecular flexibility index (Phi) is 10.6. The molecule has 1 amide bonds. The number of rotatable bonds is 7. The Morgan fingerprint density at radius 2 is 2.04 bits per heavy atom. The highest BCUT2D eigenvalue weighted by Gasteiger charge is 2.22. The summed E-state index contributed by atoms with van der Waals surface area (Å²) in [5, 5.41) is 6.59. The number of amides is 1. The molecular weight excluding hydrogens is 488 g/mol. The normalized spacial score (nSPS) is 17.7. The number of nitrogens with zero attached hydrogens (tertiary/aromatic N) is 2. The molecule has 1 unspecified atom stereocenters. The summed E-state index contributed by atoms with van der Waals surface area (Å²) in [6, 6.07) is 5.27. The molecule has 1 aromatic carbocycles. The zero-order valence-corrected chi connectivity index (χ0v) is 18.6. The number of hydrogen-bond acceptors (Lipinski definition) is 3. The molecule has 1 aromatic rings. The van der Waals surface area contributed by atoms with E-state index in [1.165, 1.54) is 12.8 Å². The van der Waals surface area contributed by atoms with Crippen molar-refractivity contribution in [3.05, 3.63) is 33.8 Å². The van der Waals surface area contributed by atoms with Gasteiger partial charge < -0.3 is 16.4 Å². The highest BCUT2D eigenvalue weighted by molar-refractivity contribution is 14.0. The molecule has 146 valence electrons. The summed E-state index contributed by atoms with van der Waals surface area (Å²) < 4.78 is 0. The molecule has 1 aliphatic heterocycles. The van der Waals surface area contributed by atoms with Gasteiger partial charge in [0.1, 0.15) is 0 Å². The first-order valence-electron chi connectivity index (χ1n) is 8.52. The number of carbonyl (C=O) groups is 1. The van der Waals surface area contributed by atoms with E-state index < -0.39 is 0 Å². The van der Waals surface area contributed by atoms with Crippen molar-refractivity contribution in [1.82, 2.24) is 15.5 Å². The first kappa shape index (κ1) is 23.3. The van der Waals surface area contributed by atoms with Crippen molar-refractivity contribution in [2.45, 2.75) is 25.8 Å². The Morgan fingerprint density at radius 1 is 1.31 bits per heavy atom. The van der Waals surface area contributed by atoms with Crippen molar-refractivity contribution >= 4 is 59.0 Å². The Labute approximate surface area is 181 Å². The van der Waals surface area contributed by atoms with E-state index in [1.807, 2.05) is 0 Å². The summed E-state index contributed by atoms with van der Waals surface area (Å²) in [7, 11) is 0. The molecule has 0 aliphatic carbocycles. The lowest BCUT2D eigenvalue weighted by Gasteiger charge is -2.20. The predicted molar refractivity (Wildman–Crippen MR) is 119 cm³/mol. The lowest BCUT2D eigenvalue weighted by atomic mass is 10.2. The van der Waals surface area contributed by atoms with E-state index >= 15 is 0 Å². The van der Waals surface area contributed by atoms with E-state index in [9.17, 15) is 4.79 Å². The van der Waals surface area contributed by atoms with Crippen molar-refractivity contribution < 1.29 is 4.79 Å². The molecule has 4 N–H and O–H groups in total. The molecular formula is C17H26Cl2IN5O. The SMILES string of the molecule is CCN1CCCC1CN=C(N)NCCNC(=O)c1ccc(Cl)c(Cl)c1.I. The van der Waals surface area contributed by atoms with Gasteiger partial charge in [-0.1, -0.05) is 30.1 Å². The van der Waals surface area contributed by atoms with Gasteiger partial charge in [0.05, 0.1) is 16.6 Å². The number of halogens is 3. The Hall–Kier alpha value is -0.770. The Bertz CT molecular complexity index is 629. The van der Waals surface area contributed by atoms with Crippen molar-refractivity contribution in [1.29, 1.82) is 0 Å². The summed E-state index contributed by atoms with van der Waals surface area (Å²) in [5.41, 5.74) is 6.35. The number of carbonyl (C=O) groups excluding carboxylic acids is 1. The highest BCUT2D eigenvalue weighted by atomic mass is 127. The van der Waals surface area contributed by atoms with Gasteiger partial charge >= 0.3 is 0 Å². The fourth-order valence-corrected chi connectivity index (χ4v) is 3.18. The van der Waals surface area contributed by atoms with Crippen LogP contribution in [0.15, 0.2) is 23.2 Å². The minimum atomic E-state index is -0.208. The molecule has 1 atom stereocenters. The van der Waals surface area contributed by atoms with Crippen LogP contribution < -0.4 is 16.4 Å². The lowest BCUT2D eigenvalue weighted by molar-refractivity contribution is 0.0954. The first-order chi connectivity index (χ1) is 12.0. The third-order valence-electron chi connectivity index (χ3n) is 4.28. The van der Waals surface area contributed by atoms with Gasteiger partial charge in [0.15, 0.2) is 5.96 Å². The summed E-state index contributed by atoms with van der Waals surface area (Å²) >= 11 is 11.7. The smallest absolute Gasteiger partial charge is 0.251 e. The van der Waals surface area contributed by atoms with E-state index in [2.05, 4.69) is 27.4 Å². The molecule has 0 bridgehead atoms. The molecule has 2 rings (SSSR count). The number of nitrogens with one attached hydrogen (secondary N) is 2. The molecule has 9 heteroatoms. The van der Waals surface area contributed by atoms with Gasteiger partial charge in [0, 0.05) is 24.7 Å². The number of guanidine groups is 1. The Morgan fingerprint density at radius 3 is 2.73 bits per heavy atom. The van der Waals surface area contributed by atoms with Gasteiger partial charge in [-0.15, -0.1) is 24.0 Å². The van der Waals surface area contributed by atoms with Gasteiger partial charge in [-0.05, 0) is 44.1 Å². The minimum absolute atomic E-state index is 0. The van der Waals surface area contributed by atoms with Crippen molar-refractivity contribution in [2.75, 3.05) is 32.7 Å². The van der Waals surface area contributed by atoms with Crippen LogP contribution in [-0.2, 0) is 0 Å². The lowest BCUT2D eigenvalue weighted by Crippen LogP contribution is -2.39. The molecule has 0 radical (unpaired) electrons. The number of nitrogens with two attached hydrogens (primary N) is 1. The third-order valence-corrected chi connectivity index (χ3v) is 5.02. The maximum atomic E-state index is 12.0. The molecule has 0 saturated carbocycles. The van der Waals surface area contributed by atoms with Gasteiger partial charge in [0.25, 0.3) is 5.91 Å². The van der Waals surface area contributed by atoms with E-state index in [-0.39, 0.29) is 29.9 Å².